The molecular formula is C28H23F7O. The van der Waals surface area contributed by atoms with E-state index < -0.39 is 35.4 Å². The maximum absolute atomic E-state index is 14.9. The van der Waals surface area contributed by atoms with Crippen LogP contribution in [0.5, 0.6) is 5.75 Å². The van der Waals surface area contributed by atoms with Crippen molar-refractivity contribution in [2.45, 2.75) is 51.8 Å². The average molecular weight is 508 g/mol. The molecule has 1 nitrogen and oxygen atoms in total. The molecule has 0 heterocycles. The van der Waals surface area contributed by atoms with E-state index in [0.29, 0.717) is 41.5 Å². The predicted octanol–water partition coefficient (Wildman–Crippen LogP) is 9.03. The van der Waals surface area contributed by atoms with Crippen LogP contribution < -0.4 is 4.74 Å². The van der Waals surface area contributed by atoms with Crippen molar-refractivity contribution >= 4 is 11.6 Å². The van der Waals surface area contributed by atoms with Gasteiger partial charge in [0.2, 0.25) is 0 Å². The number of aryl methyl sites for hydroxylation is 2. The number of hydrogen-bond donors (Lipinski definition) is 0. The number of hydrogen-bond acceptors (Lipinski definition) is 1. The first-order valence-electron chi connectivity index (χ1n) is 11.6. The van der Waals surface area contributed by atoms with Crippen LogP contribution in [0, 0.1) is 23.3 Å². The van der Waals surface area contributed by atoms with E-state index in [1.807, 2.05) is 6.92 Å². The van der Waals surface area contributed by atoms with E-state index in [1.54, 1.807) is 0 Å². The zero-order valence-electron chi connectivity index (χ0n) is 19.4. The Kier molecular flexibility index (Phi) is 7.43. The molecule has 0 aliphatic heterocycles. The number of alkyl halides is 3. The maximum Gasteiger partial charge on any atom is 0.573 e. The fourth-order valence-corrected chi connectivity index (χ4v) is 4.46. The SMILES string of the molecule is CCCCCc1cc(F)c(C2=Cc3cc(F)c(-c4ccc(OC(F)(F)F)c(F)c4)cc3CC2)c(F)c1. The largest absolute Gasteiger partial charge is 0.573 e. The van der Waals surface area contributed by atoms with E-state index in [4.69, 9.17) is 0 Å². The minimum atomic E-state index is -5.06. The minimum absolute atomic E-state index is 0.00291. The molecule has 8 heteroatoms. The second-order valence-electron chi connectivity index (χ2n) is 8.79. The van der Waals surface area contributed by atoms with Crippen LogP contribution in [0.15, 0.2) is 42.5 Å². The van der Waals surface area contributed by atoms with Gasteiger partial charge in [-0.2, -0.15) is 0 Å². The summed E-state index contributed by atoms with van der Waals surface area (Å²) in [6.07, 6.45) is 0.523. The van der Waals surface area contributed by atoms with Crippen LogP contribution >= 0.6 is 0 Å². The normalized spacial score (nSPS) is 13.4. The molecule has 0 saturated carbocycles. The highest BCUT2D eigenvalue weighted by Crippen LogP contribution is 2.37. The molecule has 36 heavy (non-hydrogen) atoms. The first-order valence-corrected chi connectivity index (χ1v) is 11.6. The molecule has 0 aromatic heterocycles. The summed E-state index contributed by atoms with van der Waals surface area (Å²) in [7, 11) is 0. The fraction of sp³-hybridized carbons (Fsp3) is 0.286. The van der Waals surface area contributed by atoms with Gasteiger partial charge in [0.15, 0.2) is 11.6 Å². The summed E-state index contributed by atoms with van der Waals surface area (Å²) in [6.45, 7) is 2.05. The number of fused-ring (bicyclic) bond motifs is 1. The zero-order valence-corrected chi connectivity index (χ0v) is 19.4. The molecule has 0 fully saturated rings. The van der Waals surface area contributed by atoms with Crippen LogP contribution in [-0.2, 0) is 12.8 Å². The van der Waals surface area contributed by atoms with Crippen LogP contribution in [0.2, 0.25) is 0 Å². The van der Waals surface area contributed by atoms with E-state index in [1.165, 1.54) is 30.3 Å². The lowest BCUT2D eigenvalue weighted by Gasteiger charge is -2.20. The van der Waals surface area contributed by atoms with Gasteiger partial charge in [-0.3, -0.25) is 0 Å². The van der Waals surface area contributed by atoms with Crippen LogP contribution in [0.3, 0.4) is 0 Å². The van der Waals surface area contributed by atoms with Crippen molar-refractivity contribution in [3.8, 4) is 16.9 Å². The lowest BCUT2D eigenvalue weighted by Crippen LogP contribution is -2.17. The van der Waals surface area contributed by atoms with Crippen molar-refractivity contribution in [3.63, 3.8) is 0 Å². The molecule has 1 aliphatic rings. The van der Waals surface area contributed by atoms with Crippen LogP contribution in [0.4, 0.5) is 30.7 Å². The number of rotatable bonds is 7. The van der Waals surface area contributed by atoms with Gasteiger partial charge in [-0.15, -0.1) is 13.2 Å². The summed E-state index contributed by atoms with van der Waals surface area (Å²) in [5.74, 6) is -4.37. The van der Waals surface area contributed by atoms with Gasteiger partial charge in [0.25, 0.3) is 0 Å². The first kappa shape index (κ1) is 25.8. The van der Waals surface area contributed by atoms with Gasteiger partial charge in [-0.1, -0.05) is 31.9 Å². The minimum Gasteiger partial charge on any atom is -0.403 e. The Balaban J connectivity index is 1.63. The van der Waals surface area contributed by atoms with Crippen molar-refractivity contribution < 1.29 is 35.5 Å². The number of unbranched alkanes of at least 4 members (excludes halogenated alkanes) is 2. The summed E-state index contributed by atoms with van der Waals surface area (Å²) in [4.78, 5) is 0. The lowest BCUT2D eigenvalue weighted by atomic mass is 9.86. The summed E-state index contributed by atoms with van der Waals surface area (Å²) < 4.78 is 99.5. The Morgan fingerprint density at radius 2 is 1.53 bits per heavy atom. The van der Waals surface area contributed by atoms with Gasteiger partial charge in [-0.25, -0.2) is 17.6 Å². The Labute approximate surface area is 204 Å². The third-order valence-corrected chi connectivity index (χ3v) is 6.18. The maximum atomic E-state index is 14.9. The van der Waals surface area contributed by atoms with E-state index in [-0.39, 0.29) is 16.7 Å². The van der Waals surface area contributed by atoms with E-state index >= 15 is 0 Å². The highest BCUT2D eigenvalue weighted by molar-refractivity contribution is 5.86. The van der Waals surface area contributed by atoms with Crippen molar-refractivity contribution in [2.75, 3.05) is 0 Å². The topological polar surface area (TPSA) is 9.23 Å². The molecule has 0 radical (unpaired) electrons. The second-order valence-corrected chi connectivity index (χ2v) is 8.79. The van der Waals surface area contributed by atoms with E-state index in [0.717, 1.165) is 37.5 Å². The Bertz CT molecular complexity index is 1280. The van der Waals surface area contributed by atoms with Crippen LogP contribution in [-0.4, -0.2) is 6.36 Å². The van der Waals surface area contributed by atoms with Crippen LogP contribution in [0.1, 0.15) is 54.9 Å². The predicted molar refractivity (Wildman–Crippen MR) is 124 cm³/mol. The smallest absolute Gasteiger partial charge is 0.403 e. The molecule has 0 unspecified atom stereocenters. The van der Waals surface area contributed by atoms with Gasteiger partial charge < -0.3 is 4.74 Å². The van der Waals surface area contributed by atoms with Crippen molar-refractivity contribution in [3.05, 3.63) is 88.0 Å². The molecule has 1 aliphatic carbocycles. The standard InChI is InChI=1S/C28H23F7O/c1-2-3-4-5-16-10-24(31)27(25(32)11-16)19-7-6-17-13-21(22(29)15-20(17)12-19)18-8-9-26(23(30)14-18)36-28(33,34)35/h8-15H,2-7H2,1H3. The highest BCUT2D eigenvalue weighted by Gasteiger charge is 2.32. The molecule has 0 saturated heterocycles. The van der Waals surface area contributed by atoms with Gasteiger partial charge in [-0.05, 0) is 89.9 Å². The Hall–Kier alpha value is -3.29. The number of allylic oxidation sites excluding steroid dienone is 1. The average Bonchev–Trinajstić information content (AvgIpc) is 2.79. The lowest BCUT2D eigenvalue weighted by molar-refractivity contribution is -0.275. The quantitative estimate of drug-likeness (QED) is 0.229. The number of halogens is 7. The van der Waals surface area contributed by atoms with Crippen molar-refractivity contribution in [2.24, 2.45) is 0 Å². The molecule has 0 N–H and O–H groups in total. The molecule has 0 spiro atoms. The molecular weight excluding hydrogens is 485 g/mol. The molecule has 3 aromatic carbocycles. The van der Waals surface area contributed by atoms with Crippen LogP contribution in [0.25, 0.3) is 22.8 Å². The third kappa shape index (κ3) is 5.74. The Morgan fingerprint density at radius 1 is 0.806 bits per heavy atom. The number of ether oxygens (including phenoxy) is 1. The van der Waals surface area contributed by atoms with E-state index in [2.05, 4.69) is 4.74 Å². The zero-order chi connectivity index (χ0) is 26.0. The summed E-state index contributed by atoms with van der Waals surface area (Å²) in [5.41, 5.74) is 2.00. The molecule has 190 valence electrons. The van der Waals surface area contributed by atoms with Gasteiger partial charge in [0, 0.05) is 11.1 Å². The van der Waals surface area contributed by atoms with Gasteiger partial charge >= 0.3 is 6.36 Å². The fourth-order valence-electron chi connectivity index (χ4n) is 4.46. The second kappa shape index (κ2) is 10.4. The number of benzene rings is 3. The van der Waals surface area contributed by atoms with Gasteiger partial charge in [0.05, 0.1) is 0 Å². The molecule has 0 bridgehead atoms. The molecule has 4 rings (SSSR count). The summed E-state index contributed by atoms with van der Waals surface area (Å²) in [5, 5.41) is 0. The molecule has 0 atom stereocenters. The van der Waals surface area contributed by atoms with Crippen molar-refractivity contribution in [1.29, 1.82) is 0 Å². The monoisotopic (exact) mass is 508 g/mol. The summed E-state index contributed by atoms with van der Waals surface area (Å²) in [6, 6.07) is 8.02. The third-order valence-electron chi connectivity index (χ3n) is 6.18. The first-order chi connectivity index (χ1) is 17.1. The molecule has 0 amide bonds. The van der Waals surface area contributed by atoms with E-state index in [9.17, 15) is 30.7 Å². The molecule has 3 aromatic rings. The van der Waals surface area contributed by atoms with Crippen molar-refractivity contribution in [1.82, 2.24) is 0 Å². The van der Waals surface area contributed by atoms with Gasteiger partial charge in [0.1, 0.15) is 17.5 Å². The highest BCUT2D eigenvalue weighted by atomic mass is 19.4. The Morgan fingerprint density at radius 3 is 2.17 bits per heavy atom. The summed E-state index contributed by atoms with van der Waals surface area (Å²) >= 11 is 0.